The number of carbonyl (C=O) groups excluding carboxylic acids is 4. The van der Waals surface area contributed by atoms with Crippen molar-refractivity contribution in [2.45, 2.75) is 126 Å². The maximum absolute atomic E-state index is 14.5. The SMILES string of the molecule is CC(C)[C@@H]1NC(=O)C(C)(C(C)OC2I(C)C2(C)CC(C)(C)C)/C=C/c2ccc3ccc(nc3c2)[C@@H](C)OC(=O)[C@@H]2CCCN(N2)C(=O)[C@H](C)NC1=O. The van der Waals surface area contributed by atoms with Crippen molar-refractivity contribution >= 4 is 60.5 Å². The Balaban J connectivity index is 1.53. The second kappa shape index (κ2) is 15.3. The molecule has 2 fully saturated rings. The van der Waals surface area contributed by atoms with Gasteiger partial charge in [-0.3, -0.25) is 4.79 Å². The van der Waals surface area contributed by atoms with Crippen LogP contribution in [0.5, 0.6) is 0 Å². The van der Waals surface area contributed by atoms with Gasteiger partial charge in [0.15, 0.2) is 0 Å². The first-order chi connectivity index (χ1) is 24.2. The van der Waals surface area contributed by atoms with Crippen molar-refractivity contribution in [2.75, 3.05) is 11.5 Å². The number of carbonyl (C=O) groups is 4. The van der Waals surface area contributed by atoms with Crippen LogP contribution in [0.15, 0.2) is 36.4 Å². The maximum atomic E-state index is 14.5. The molecule has 8 atom stereocenters. The summed E-state index contributed by atoms with van der Waals surface area (Å²) in [5.41, 5.74) is 4.17. The van der Waals surface area contributed by atoms with Crippen LogP contribution in [0.25, 0.3) is 17.0 Å². The van der Waals surface area contributed by atoms with Crippen LogP contribution in [0.1, 0.15) is 106 Å². The number of esters is 1. The molecule has 11 nitrogen and oxygen atoms in total. The van der Waals surface area contributed by atoms with Crippen LogP contribution < -0.4 is 16.1 Å². The molecule has 0 saturated carbocycles. The summed E-state index contributed by atoms with van der Waals surface area (Å²) in [4.78, 5) is 62.4. The molecule has 2 saturated heterocycles. The van der Waals surface area contributed by atoms with Gasteiger partial charge in [0.05, 0.1) is 0 Å². The standard InChI is InChI=1S/C40H58IN5O6/c1-23(2)32-33(47)42-24(3)34(48)46-20-12-13-30(45-46)35(49)51-25(4)29-17-16-28-15-14-27(21-31(28)43-29)18-19-39(9,37(50)44-32)26(5)52-36-40(10,41(36)11)22-38(6,7)8/h14-19,21,23-26,30,32,36,45H,12-13,20,22H2,1-11H3,(H,42,47)(H,44,50)/b19-18+/t24-,25+,26?,30-,32-,36?,39?,40?/m0/s1. The third-order valence-corrected chi connectivity index (χ3v) is 18.2. The molecule has 5 bridgehead atoms. The van der Waals surface area contributed by atoms with Crippen molar-refractivity contribution in [1.82, 2.24) is 26.1 Å². The summed E-state index contributed by atoms with van der Waals surface area (Å²) in [6.07, 6.45) is 4.79. The minimum atomic E-state index is -1.44. The first-order valence-electron chi connectivity index (χ1n) is 18.5. The van der Waals surface area contributed by atoms with E-state index in [0.717, 1.165) is 22.9 Å². The minimum absolute atomic E-state index is 0.132. The predicted octanol–water partition coefficient (Wildman–Crippen LogP) is 6.09. The number of rotatable bonds is 5. The van der Waals surface area contributed by atoms with Crippen LogP contribution in [0.3, 0.4) is 0 Å². The number of fused-ring (bicyclic) bond motifs is 4. The number of hydrazine groups is 1. The fraction of sp³-hybridized carbons (Fsp3) is 0.625. The molecule has 3 N–H and O–H groups in total. The number of hydrogen-bond donors (Lipinski definition) is 3. The van der Waals surface area contributed by atoms with Crippen LogP contribution >= 0.6 is 19.8 Å². The molecule has 4 unspecified atom stereocenters. The van der Waals surface area contributed by atoms with Gasteiger partial charge in [-0.05, 0) is 19.8 Å². The van der Waals surface area contributed by atoms with Gasteiger partial charge >= 0.3 is 270 Å². The van der Waals surface area contributed by atoms with Gasteiger partial charge in [0.25, 0.3) is 0 Å². The molecule has 0 aliphatic carbocycles. The summed E-state index contributed by atoms with van der Waals surface area (Å²) in [6.45, 7) is 20.4. The van der Waals surface area contributed by atoms with E-state index in [4.69, 9.17) is 14.5 Å². The molecular formula is C40H58IN5O6. The van der Waals surface area contributed by atoms with Crippen molar-refractivity contribution in [3.8, 4) is 0 Å². The Labute approximate surface area is 316 Å². The Bertz CT molecular complexity index is 1730. The molecule has 286 valence electrons. The van der Waals surface area contributed by atoms with E-state index in [1.54, 1.807) is 13.8 Å². The van der Waals surface area contributed by atoms with E-state index in [2.05, 4.69) is 48.7 Å². The van der Waals surface area contributed by atoms with Gasteiger partial charge in [0.1, 0.15) is 6.04 Å². The fourth-order valence-corrected chi connectivity index (χ4v) is 14.5. The summed E-state index contributed by atoms with van der Waals surface area (Å²) >= 11 is -1.44. The molecule has 2 aromatic rings. The third kappa shape index (κ3) is 8.65. The molecule has 52 heavy (non-hydrogen) atoms. The van der Waals surface area contributed by atoms with Crippen LogP contribution in [0.2, 0.25) is 0 Å². The van der Waals surface area contributed by atoms with Gasteiger partial charge in [-0.1, -0.05) is 0 Å². The van der Waals surface area contributed by atoms with E-state index < -0.39 is 67.4 Å². The Morgan fingerprint density at radius 2 is 1.75 bits per heavy atom. The number of nitrogens with one attached hydrogen (secondary N) is 3. The van der Waals surface area contributed by atoms with Gasteiger partial charge < -0.3 is 4.74 Å². The summed E-state index contributed by atoms with van der Waals surface area (Å²) in [5.74, 6) is -1.95. The Hall–Kier alpha value is -3.10. The first kappa shape index (κ1) is 40.1. The Morgan fingerprint density at radius 3 is 2.42 bits per heavy atom. The molecule has 3 amide bonds. The van der Waals surface area contributed by atoms with Crippen molar-refractivity contribution in [2.24, 2.45) is 16.7 Å². The average molecular weight is 832 g/mol. The van der Waals surface area contributed by atoms with Gasteiger partial charge in [-0.25, -0.2) is 5.43 Å². The van der Waals surface area contributed by atoms with Gasteiger partial charge in [0, 0.05) is 6.54 Å². The van der Waals surface area contributed by atoms with E-state index in [-0.39, 0.29) is 30.7 Å². The number of benzene rings is 1. The molecule has 5 rings (SSSR count). The van der Waals surface area contributed by atoms with E-state index in [1.807, 2.05) is 70.2 Å². The van der Waals surface area contributed by atoms with E-state index >= 15 is 0 Å². The summed E-state index contributed by atoms with van der Waals surface area (Å²) < 4.78 is 13.0. The summed E-state index contributed by atoms with van der Waals surface area (Å²) in [5, 5.41) is 8.18. The number of ether oxygens (including phenoxy) is 2. The number of nitrogens with zero attached hydrogens (tertiary/aromatic N) is 2. The fourth-order valence-electron chi connectivity index (χ4n) is 7.24. The number of amides is 3. The van der Waals surface area contributed by atoms with Gasteiger partial charge in [-0.2, -0.15) is 0 Å². The molecule has 4 heterocycles. The van der Waals surface area contributed by atoms with Gasteiger partial charge in [-0.15, -0.1) is 0 Å². The Morgan fingerprint density at radius 1 is 1.06 bits per heavy atom. The van der Waals surface area contributed by atoms with Crippen molar-refractivity contribution in [3.05, 3.63) is 47.7 Å². The zero-order valence-electron chi connectivity index (χ0n) is 32.6. The zero-order valence-corrected chi connectivity index (χ0v) is 34.8. The van der Waals surface area contributed by atoms with E-state index in [9.17, 15) is 19.2 Å². The number of aromatic nitrogens is 1. The van der Waals surface area contributed by atoms with Crippen LogP contribution in [0.4, 0.5) is 0 Å². The second-order valence-corrected chi connectivity index (χ2v) is 23.3. The molecule has 1 aromatic carbocycles. The molecule has 0 spiro atoms. The number of halogens is 1. The Kier molecular flexibility index (Phi) is 11.8. The summed E-state index contributed by atoms with van der Waals surface area (Å²) in [6, 6.07) is 7.14. The van der Waals surface area contributed by atoms with E-state index in [0.29, 0.717) is 25.1 Å². The molecule has 0 radical (unpaired) electrons. The predicted molar refractivity (Wildman–Crippen MR) is 212 cm³/mol. The van der Waals surface area contributed by atoms with E-state index in [1.165, 1.54) is 5.01 Å². The van der Waals surface area contributed by atoms with Crippen LogP contribution in [0, 0.1) is 16.7 Å². The van der Waals surface area contributed by atoms with Crippen LogP contribution in [-0.4, -0.2) is 76.9 Å². The van der Waals surface area contributed by atoms with Crippen LogP contribution in [-0.2, 0) is 28.7 Å². The number of cyclic esters (lactones) is 1. The average Bonchev–Trinajstić information content (AvgIpc) is 3.57. The molecule has 12 heteroatoms. The molecule has 1 aromatic heterocycles. The molecular weight excluding hydrogens is 773 g/mol. The number of alkyl halides is 3. The monoisotopic (exact) mass is 831 g/mol. The molecule has 3 aliphatic heterocycles. The summed E-state index contributed by atoms with van der Waals surface area (Å²) in [7, 11) is 0. The quantitative estimate of drug-likeness (QED) is 0.187. The van der Waals surface area contributed by atoms with Gasteiger partial charge in [0.2, 0.25) is 0 Å². The topological polar surface area (TPSA) is 139 Å². The van der Waals surface area contributed by atoms with Crippen molar-refractivity contribution in [3.63, 3.8) is 0 Å². The normalized spacial score (nSPS) is 32.7. The first-order valence-corrected chi connectivity index (χ1v) is 22.9. The van der Waals surface area contributed by atoms with Crippen molar-refractivity contribution < 1.29 is 28.7 Å². The number of hydrogen-bond acceptors (Lipinski definition) is 8. The third-order valence-electron chi connectivity index (χ3n) is 10.7. The number of pyridine rings is 1. The second-order valence-electron chi connectivity index (χ2n) is 16.7. The molecule has 3 aliphatic rings. The zero-order chi connectivity index (χ0) is 38.3. The van der Waals surface area contributed by atoms with Crippen molar-refractivity contribution in [1.29, 1.82) is 0 Å².